The van der Waals surface area contributed by atoms with Gasteiger partial charge in [-0.2, -0.15) is 0 Å². The second-order valence-electron chi connectivity index (χ2n) is 7.96. The molecule has 1 saturated heterocycles. The predicted octanol–water partition coefficient (Wildman–Crippen LogP) is 1.66. The van der Waals surface area contributed by atoms with Gasteiger partial charge in [0.25, 0.3) is 11.8 Å². The Morgan fingerprint density at radius 3 is 2.16 bits per heavy atom. The Balaban J connectivity index is 2.04. The molecule has 0 aliphatic carbocycles. The third kappa shape index (κ3) is 7.40. The molecular weight excluding hydrogens is 408 g/mol. The van der Waals surface area contributed by atoms with E-state index in [9.17, 15) is 24.0 Å². The lowest BCUT2D eigenvalue weighted by molar-refractivity contribution is -0.205. The molecule has 1 heterocycles. The first kappa shape index (κ1) is 23.8. The fourth-order valence-electron chi connectivity index (χ4n) is 2.62. The number of amides is 3. The van der Waals surface area contributed by atoms with Gasteiger partial charge in [-0.25, -0.2) is 14.4 Å². The Bertz CT molecular complexity index is 831. The van der Waals surface area contributed by atoms with Gasteiger partial charge in [0.2, 0.25) is 0 Å². The van der Waals surface area contributed by atoms with Crippen LogP contribution in [-0.4, -0.2) is 52.7 Å². The molecule has 1 N–H and O–H groups in total. The van der Waals surface area contributed by atoms with Gasteiger partial charge in [-0.15, -0.1) is 5.06 Å². The summed E-state index contributed by atoms with van der Waals surface area (Å²) < 4.78 is 10.3. The van der Waals surface area contributed by atoms with Crippen molar-refractivity contribution in [2.75, 3.05) is 0 Å². The molecule has 1 aliphatic rings. The van der Waals surface area contributed by atoms with Crippen molar-refractivity contribution in [1.82, 2.24) is 10.4 Å². The van der Waals surface area contributed by atoms with E-state index in [2.05, 4.69) is 5.32 Å². The van der Waals surface area contributed by atoms with E-state index in [0.717, 1.165) is 5.56 Å². The third-order valence-electron chi connectivity index (χ3n) is 4.07. The Hall–Kier alpha value is -3.43. The first-order valence-electron chi connectivity index (χ1n) is 9.78. The zero-order valence-corrected chi connectivity index (χ0v) is 17.9. The van der Waals surface area contributed by atoms with Crippen LogP contribution in [0, 0.1) is 0 Å². The van der Waals surface area contributed by atoms with Crippen molar-refractivity contribution in [3.05, 3.63) is 35.9 Å². The number of nitrogens with one attached hydrogen (secondary N) is 1. The zero-order chi connectivity index (χ0) is 23.2. The van der Waals surface area contributed by atoms with Crippen LogP contribution in [0.2, 0.25) is 0 Å². The summed E-state index contributed by atoms with van der Waals surface area (Å²) in [6, 6.07) is 7.72. The zero-order valence-electron chi connectivity index (χ0n) is 17.9. The highest BCUT2D eigenvalue weighted by Crippen LogP contribution is 2.14. The standard InChI is InChI=1S/C21H26N2O8/c1-13(18(26)31-23-16(24)10-11-17(23)25)29-19(27)15(12-14-8-6-5-7-9-14)22-20(28)30-21(2,3)4/h5-9,13,15H,10-12H2,1-4H3,(H,22,28). The number of hydrogen-bond acceptors (Lipinski definition) is 8. The minimum Gasteiger partial charge on any atom is -0.449 e. The molecule has 2 rings (SSSR count). The van der Waals surface area contributed by atoms with Crippen LogP contribution in [0.3, 0.4) is 0 Å². The molecule has 3 amide bonds. The first-order chi connectivity index (χ1) is 14.5. The maximum absolute atomic E-state index is 12.7. The van der Waals surface area contributed by atoms with Gasteiger partial charge in [-0.05, 0) is 33.3 Å². The van der Waals surface area contributed by atoms with Crippen molar-refractivity contribution >= 4 is 29.8 Å². The van der Waals surface area contributed by atoms with Crippen LogP contribution in [0.25, 0.3) is 0 Å². The smallest absolute Gasteiger partial charge is 0.408 e. The number of esters is 1. The van der Waals surface area contributed by atoms with Crippen molar-refractivity contribution in [3.63, 3.8) is 0 Å². The predicted molar refractivity (Wildman–Crippen MR) is 106 cm³/mol. The van der Waals surface area contributed by atoms with Gasteiger partial charge < -0.3 is 19.6 Å². The quantitative estimate of drug-likeness (QED) is 0.507. The van der Waals surface area contributed by atoms with Gasteiger partial charge >= 0.3 is 18.0 Å². The topological polar surface area (TPSA) is 128 Å². The minimum absolute atomic E-state index is 0.0563. The molecule has 1 fully saturated rings. The summed E-state index contributed by atoms with van der Waals surface area (Å²) in [6.45, 7) is 6.26. The summed E-state index contributed by atoms with van der Waals surface area (Å²) in [6.07, 6.45) is -2.27. The number of hydroxylamine groups is 2. The average Bonchev–Trinajstić information content (AvgIpc) is 2.98. The van der Waals surface area contributed by atoms with Crippen molar-refractivity contribution in [2.45, 2.75) is 64.7 Å². The van der Waals surface area contributed by atoms with Crippen LogP contribution in [0.1, 0.15) is 46.1 Å². The van der Waals surface area contributed by atoms with Crippen molar-refractivity contribution < 1.29 is 38.3 Å². The van der Waals surface area contributed by atoms with E-state index in [-0.39, 0.29) is 19.3 Å². The summed E-state index contributed by atoms with van der Waals surface area (Å²) in [7, 11) is 0. The largest absolute Gasteiger partial charge is 0.449 e. The van der Waals surface area contributed by atoms with Gasteiger partial charge in [-0.1, -0.05) is 30.3 Å². The minimum atomic E-state index is -1.42. The normalized spacial score (nSPS) is 15.8. The number of benzene rings is 1. The van der Waals surface area contributed by atoms with E-state index < -0.39 is 47.6 Å². The Morgan fingerprint density at radius 1 is 1.03 bits per heavy atom. The van der Waals surface area contributed by atoms with Crippen LogP contribution in [0.15, 0.2) is 30.3 Å². The molecule has 0 spiro atoms. The monoisotopic (exact) mass is 434 g/mol. The van der Waals surface area contributed by atoms with E-state index >= 15 is 0 Å². The summed E-state index contributed by atoms with van der Waals surface area (Å²) >= 11 is 0. The molecule has 1 aliphatic heterocycles. The van der Waals surface area contributed by atoms with E-state index in [4.69, 9.17) is 14.3 Å². The number of hydrogen-bond donors (Lipinski definition) is 1. The molecule has 10 heteroatoms. The van der Waals surface area contributed by atoms with Crippen molar-refractivity contribution in [1.29, 1.82) is 0 Å². The number of alkyl carbamates (subject to hydrolysis) is 1. The lowest BCUT2D eigenvalue weighted by Crippen LogP contribution is -2.47. The molecule has 0 radical (unpaired) electrons. The molecule has 2 atom stereocenters. The lowest BCUT2D eigenvalue weighted by Gasteiger charge is -2.24. The van der Waals surface area contributed by atoms with Crippen molar-refractivity contribution in [3.8, 4) is 0 Å². The third-order valence-corrected chi connectivity index (χ3v) is 4.07. The van der Waals surface area contributed by atoms with Gasteiger partial charge in [-0.3, -0.25) is 9.59 Å². The fourth-order valence-corrected chi connectivity index (χ4v) is 2.62. The van der Waals surface area contributed by atoms with Crippen LogP contribution in [-0.2, 0) is 39.9 Å². The van der Waals surface area contributed by atoms with Crippen LogP contribution < -0.4 is 5.32 Å². The Morgan fingerprint density at radius 2 is 1.61 bits per heavy atom. The number of carbonyl (C=O) groups is 5. The number of nitrogens with zero attached hydrogens (tertiary/aromatic N) is 1. The highest BCUT2D eigenvalue weighted by atomic mass is 16.7. The Labute approximate surface area is 179 Å². The SMILES string of the molecule is CC(OC(=O)C(Cc1ccccc1)NC(=O)OC(C)(C)C)C(=O)ON1C(=O)CCC1=O. The number of imide groups is 1. The van der Waals surface area contributed by atoms with Crippen LogP contribution in [0.5, 0.6) is 0 Å². The number of ether oxygens (including phenoxy) is 2. The molecule has 31 heavy (non-hydrogen) atoms. The molecule has 2 unspecified atom stereocenters. The molecule has 168 valence electrons. The second-order valence-corrected chi connectivity index (χ2v) is 7.96. The highest BCUT2D eigenvalue weighted by molar-refractivity contribution is 6.01. The van der Waals surface area contributed by atoms with Gasteiger partial charge in [0.05, 0.1) is 0 Å². The highest BCUT2D eigenvalue weighted by Gasteiger charge is 2.36. The molecular formula is C21H26N2O8. The van der Waals surface area contributed by atoms with Crippen LogP contribution in [0.4, 0.5) is 4.79 Å². The van der Waals surface area contributed by atoms with E-state index in [1.807, 2.05) is 0 Å². The molecule has 10 nitrogen and oxygen atoms in total. The number of rotatable bonds is 7. The van der Waals surface area contributed by atoms with Crippen LogP contribution >= 0.6 is 0 Å². The van der Waals surface area contributed by atoms with E-state index in [1.165, 1.54) is 6.92 Å². The number of carbonyl (C=O) groups excluding carboxylic acids is 5. The first-order valence-corrected chi connectivity index (χ1v) is 9.78. The van der Waals surface area contributed by atoms with Gasteiger partial charge in [0.1, 0.15) is 11.6 Å². The summed E-state index contributed by atoms with van der Waals surface area (Å²) in [5.74, 6) is -3.29. The Kier molecular flexibility index (Phi) is 7.73. The summed E-state index contributed by atoms with van der Waals surface area (Å²) in [5, 5.41) is 2.82. The van der Waals surface area contributed by atoms with E-state index in [0.29, 0.717) is 5.06 Å². The van der Waals surface area contributed by atoms with Gasteiger partial charge in [0, 0.05) is 19.3 Å². The summed E-state index contributed by atoms with van der Waals surface area (Å²) in [5.41, 5.74) is -0.0408. The molecule has 0 saturated carbocycles. The average molecular weight is 434 g/mol. The maximum atomic E-state index is 12.7. The van der Waals surface area contributed by atoms with E-state index in [1.54, 1.807) is 51.1 Å². The molecule has 1 aromatic carbocycles. The second kappa shape index (κ2) is 10.1. The van der Waals surface area contributed by atoms with Gasteiger partial charge in [0.15, 0.2) is 6.10 Å². The molecule has 0 bridgehead atoms. The fraction of sp³-hybridized carbons (Fsp3) is 0.476. The molecule has 1 aromatic rings. The molecule has 0 aromatic heterocycles. The van der Waals surface area contributed by atoms with Crippen molar-refractivity contribution in [2.24, 2.45) is 0 Å². The lowest BCUT2D eigenvalue weighted by atomic mass is 10.1. The maximum Gasteiger partial charge on any atom is 0.408 e. The summed E-state index contributed by atoms with van der Waals surface area (Å²) in [4.78, 5) is 64.9.